The number of hydrogen-bond donors (Lipinski definition) is 1. The van der Waals surface area contributed by atoms with Gasteiger partial charge in [0.2, 0.25) is 5.91 Å². The molecule has 0 radical (unpaired) electrons. The van der Waals surface area contributed by atoms with Gasteiger partial charge in [-0.15, -0.1) is 11.3 Å². The van der Waals surface area contributed by atoms with Gasteiger partial charge >= 0.3 is 0 Å². The zero-order valence-electron chi connectivity index (χ0n) is 10.4. The molecule has 18 heavy (non-hydrogen) atoms. The molecule has 1 aliphatic heterocycles. The van der Waals surface area contributed by atoms with E-state index < -0.39 is 0 Å². The van der Waals surface area contributed by atoms with Crippen molar-refractivity contribution in [3.63, 3.8) is 0 Å². The molecule has 1 saturated heterocycles. The fourth-order valence-electron chi connectivity index (χ4n) is 2.03. The normalized spacial score (nSPS) is 16.4. The number of nitrogens with zero attached hydrogens (tertiary/aromatic N) is 1. The maximum Gasteiger partial charge on any atom is 0.234 e. The summed E-state index contributed by atoms with van der Waals surface area (Å²) in [5.74, 6) is 0.000556. The number of carbonyl (C=O) groups excluding carboxylic acids is 2. The summed E-state index contributed by atoms with van der Waals surface area (Å²) in [4.78, 5) is 24.1. The molecule has 1 aliphatic rings. The fraction of sp³-hybridized carbons (Fsp3) is 0.538. The highest BCUT2D eigenvalue weighted by molar-refractivity contribution is 7.12. The number of rotatable bonds is 5. The quantitative estimate of drug-likeness (QED) is 0.831. The van der Waals surface area contributed by atoms with Gasteiger partial charge in [0.05, 0.1) is 4.88 Å². The topological polar surface area (TPSA) is 49.4 Å². The Morgan fingerprint density at radius 3 is 2.67 bits per heavy atom. The molecular weight excluding hydrogens is 248 g/mol. The molecule has 1 N–H and O–H groups in total. The van der Waals surface area contributed by atoms with Crippen LogP contribution in [-0.4, -0.2) is 29.8 Å². The van der Waals surface area contributed by atoms with Gasteiger partial charge in [0.1, 0.15) is 0 Å². The summed E-state index contributed by atoms with van der Waals surface area (Å²) in [6.45, 7) is 1.84. The second-order valence-corrected chi connectivity index (χ2v) is 5.43. The molecule has 5 heteroatoms. The second kappa shape index (κ2) is 6.66. The van der Waals surface area contributed by atoms with Crippen LogP contribution in [0.3, 0.4) is 0 Å². The minimum Gasteiger partial charge on any atom is -0.293 e. The van der Waals surface area contributed by atoms with Crippen molar-refractivity contribution in [1.29, 1.82) is 0 Å². The average Bonchev–Trinajstić information content (AvgIpc) is 2.91. The maximum absolute atomic E-state index is 11.7. The molecule has 2 heterocycles. The van der Waals surface area contributed by atoms with Crippen LogP contribution in [-0.2, 0) is 4.79 Å². The molecule has 1 fully saturated rings. The van der Waals surface area contributed by atoms with Crippen LogP contribution in [0.25, 0.3) is 0 Å². The summed E-state index contributed by atoms with van der Waals surface area (Å²) in [6, 6.07) is 3.65. The SMILES string of the molecule is O=C(CCC(=O)c1cccs1)NN1CCCCC1. The van der Waals surface area contributed by atoms with E-state index in [2.05, 4.69) is 5.43 Å². The van der Waals surface area contributed by atoms with Gasteiger partial charge in [-0.25, -0.2) is 5.01 Å². The number of hydrazine groups is 1. The molecule has 1 aromatic heterocycles. The van der Waals surface area contributed by atoms with Crippen LogP contribution in [0.1, 0.15) is 41.8 Å². The number of hydrogen-bond acceptors (Lipinski definition) is 4. The zero-order chi connectivity index (χ0) is 12.8. The number of piperidine rings is 1. The molecule has 0 spiro atoms. The van der Waals surface area contributed by atoms with Gasteiger partial charge in [-0.05, 0) is 24.3 Å². The smallest absolute Gasteiger partial charge is 0.234 e. The molecule has 1 amide bonds. The Bertz CT molecular complexity index is 397. The third kappa shape index (κ3) is 3.92. The lowest BCUT2D eigenvalue weighted by Crippen LogP contribution is -2.45. The number of thiophene rings is 1. The van der Waals surface area contributed by atoms with Gasteiger partial charge in [-0.3, -0.25) is 15.0 Å². The van der Waals surface area contributed by atoms with Crippen LogP contribution in [0.2, 0.25) is 0 Å². The Kier molecular flexibility index (Phi) is 4.90. The molecule has 0 aliphatic carbocycles. The fourth-order valence-corrected chi connectivity index (χ4v) is 2.72. The second-order valence-electron chi connectivity index (χ2n) is 4.48. The first-order valence-corrected chi connectivity index (χ1v) is 7.25. The van der Waals surface area contributed by atoms with Gasteiger partial charge in [-0.2, -0.15) is 0 Å². The van der Waals surface area contributed by atoms with Crippen molar-refractivity contribution in [2.75, 3.05) is 13.1 Å². The molecular formula is C13H18N2O2S. The molecule has 0 bridgehead atoms. The Labute approximate surface area is 111 Å². The third-order valence-electron chi connectivity index (χ3n) is 3.01. The van der Waals surface area contributed by atoms with E-state index in [-0.39, 0.29) is 18.1 Å². The highest BCUT2D eigenvalue weighted by Gasteiger charge is 2.14. The average molecular weight is 266 g/mol. The predicted molar refractivity (Wildman–Crippen MR) is 71.5 cm³/mol. The molecule has 1 aromatic rings. The van der Waals surface area contributed by atoms with Crippen molar-refractivity contribution in [1.82, 2.24) is 10.4 Å². The van der Waals surface area contributed by atoms with Gasteiger partial charge in [0.15, 0.2) is 5.78 Å². The molecule has 0 aromatic carbocycles. The van der Waals surface area contributed by atoms with Crippen LogP contribution in [0.4, 0.5) is 0 Å². The lowest BCUT2D eigenvalue weighted by molar-refractivity contribution is -0.126. The Hall–Kier alpha value is -1.20. The number of carbonyl (C=O) groups is 2. The summed E-state index contributed by atoms with van der Waals surface area (Å²) in [5.41, 5.74) is 2.87. The Morgan fingerprint density at radius 2 is 2.00 bits per heavy atom. The van der Waals surface area contributed by atoms with Gasteiger partial charge in [0.25, 0.3) is 0 Å². The molecule has 0 atom stereocenters. The van der Waals surface area contributed by atoms with Crippen molar-refractivity contribution in [3.05, 3.63) is 22.4 Å². The van der Waals surface area contributed by atoms with Crippen molar-refractivity contribution < 1.29 is 9.59 Å². The molecule has 0 saturated carbocycles. The minimum atomic E-state index is -0.0539. The van der Waals surface area contributed by atoms with Crippen molar-refractivity contribution in [2.24, 2.45) is 0 Å². The van der Waals surface area contributed by atoms with Gasteiger partial charge in [0, 0.05) is 25.9 Å². The summed E-state index contributed by atoms with van der Waals surface area (Å²) >= 11 is 1.43. The monoisotopic (exact) mass is 266 g/mol. The first kappa shape index (κ1) is 13.2. The number of nitrogens with one attached hydrogen (secondary N) is 1. The Balaban J connectivity index is 1.69. The van der Waals surface area contributed by atoms with Crippen molar-refractivity contribution in [3.8, 4) is 0 Å². The molecule has 0 unspecified atom stereocenters. The first-order chi connectivity index (χ1) is 8.75. The summed E-state index contributed by atoms with van der Waals surface area (Å²) in [5, 5.41) is 3.84. The number of amides is 1. The largest absolute Gasteiger partial charge is 0.293 e. The molecule has 98 valence electrons. The van der Waals surface area contributed by atoms with E-state index in [9.17, 15) is 9.59 Å². The number of Topliss-reactive ketones (excluding diaryl/α,β-unsaturated/α-hetero) is 1. The van der Waals surface area contributed by atoms with E-state index in [4.69, 9.17) is 0 Å². The van der Waals surface area contributed by atoms with E-state index in [1.165, 1.54) is 17.8 Å². The van der Waals surface area contributed by atoms with Crippen LogP contribution in [0.15, 0.2) is 17.5 Å². The highest BCUT2D eigenvalue weighted by Crippen LogP contribution is 2.12. The number of ketones is 1. The highest BCUT2D eigenvalue weighted by atomic mass is 32.1. The van der Waals surface area contributed by atoms with Crippen molar-refractivity contribution in [2.45, 2.75) is 32.1 Å². The van der Waals surface area contributed by atoms with E-state index in [0.717, 1.165) is 30.8 Å². The maximum atomic E-state index is 11.7. The van der Waals surface area contributed by atoms with Gasteiger partial charge in [-0.1, -0.05) is 12.5 Å². The standard InChI is InChI=1S/C13H18N2O2S/c16-11(12-5-4-10-18-12)6-7-13(17)14-15-8-2-1-3-9-15/h4-5,10H,1-3,6-9H2,(H,14,17). The van der Waals surface area contributed by atoms with Crippen molar-refractivity contribution >= 4 is 23.0 Å². The summed E-state index contributed by atoms with van der Waals surface area (Å²) in [7, 11) is 0. The lowest BCUT2D eigenvalue weighted by atomic mass is 10.1. The van der Waals surface area contributed by atoms with Crippen LogP contribution >= 0.6 is 11.3 Å². The predicted octanol–water partition coefficient (Wildman–Crippen LogP) is 2.23. The zero-order valence-corrected chi connectivity index (χ0v) is 11.2. The van der Waals surface area contributed by atoms with E-state index in [1.807, 2.05) is 16.5 Å². The van der Waals surface area contributed by atoms with E-state index >= 15 is 0 Å². The lowest BCUT2D eigenvalue weighted by Gasteiger charge is -2.26. The minimum absolute atomic E-state index is 0.0539. The van der Waals surface area contributed by atoms with Crippen LogP contribution in [0, 0.1) is 0 Å². The van der Waals surface area contributed by atoms with E-state index in [1.54, 1.807) is 6.07 Å². The molecule has 4 nitrogen and oxygen atoms in total. The van der Waals surface area contributed by atoms with E-state index in [0.29, 0.717) is 6.42 Å². The van der Waals surface area contributed by atoms with Crippen LogP contribution in [0.5, 0.6) is 0 Å². The molecule has 2 rings (SSSR count). The third-order valence-corrected chi connectivity index (χ3v) is 3.92. The van der Waals surface area contributed by atoms with Gasteiger partial charge < -0.3 is 0 Å². The summed E-state index contributed by atoms with van der Waals surface area (Å²) in [6.07, 6.45) is 4.07. The van der Waals surface area contributed by atoms with Crippen LogP contribution < -0.4 is 5.43 Å². The summed E-state index contributed by atoms with van der Waals surface area (Å²) < 4.78 is 0. The first-order valence-electron chi connectivity index (χ1n) is 6.37. The Morgan fingerprint density at radius 1 is 1.22 bits per heavy atom.